The summed E-state index contributed by atoms with van der Waals surface area (Å²) in [5.41, 5.74) is 5.32. The minimum atomic E-state index is 0.317. The van der Waals surface area contributed by atoms with Gasteiger partial charge in [-0.1, -0.05) is 0 Å². The second-order valence-corrected chi connectivity index (χ2v) is 4.13. The van der Waals surface area contributed by atoms with Gasteiger partial charge in [-0.25, -0.2) is 0 Å². The summed E-state index contributed by atoms with van der Waals surface area (Å²) in [7, 11) is 2.18. The van der Waals surface area contributed by atoms with Crippen LogP contribution in [-0.4, -0.2) is 55.4 Å². The Balaban J connectivity index is 2.14. The lowest BCUT2D eigenvalue weighted by molar-refractivity contribution is 0.275. The summed E-state index contributed by atoms with van der Waals surface area (Å²) in [6, 6.07) is 0. The molecule has 0 aromatic rings. The van der Waals surface area contributed by atoms with Crippen LogP contribution in [0.5, 0.6) is 0 Å². The Hall–Kier alpha value is -0.610. The van der Waals surface area contributed by atoms with Crippen molar-refractivity contribution in [3.05, 3.63) is 0 Å². The fourth-order valence-electron chi connectivity index (χ4n) is 1.82. The summed E-state index contributed by atoms with van der Waals surface area (Å²) in [5.74, 6) is 0.317. The molecule has 0 aromatic heterocycles. The van der Waals surface area contributed by atoms with Gasteiger partial charge in [0.1, 0.15) is 0 Å². The zero-order valence-electron chi connectivity index (χ0n) is 9.13. The van der Waals surface area contributed by atoms with Crippen molar-refractivity contribution in [2.45, 2.75) is 19.3 Å². The molecule has 0 radical (unpaired) electrons. The summed E-state index contributed by atoms with van der Waals surface area (Å²) in [5, 5.41) is 7.14. The molecule has 0 aromatic carbocycles. The van der Waals surface area contributed by atoms with Crippen LogP contribution in [0, 0.1) is 5.41 Å². The van der Waals surface area contributed by atoms with Gasteiger partial charge in [-0.15, -0.1) is 0 Å². The summed E-state index contributed by atoms with van der Waals surface area (Å²) < 4.78 is 0. The fourth-order valence-corrected chi connectivity index (χ4v) is 1.82. The summed E-state index contributed by atoms with van der Waals surface area (Å²) >= 11 is 0. The molecule has 0 aliphatic carbocycles. The minimum absolute atomic E-state index is 0.317. The monoisotopic (exact) mass is 198 g/mol. The lowest BCUT2D eigenvalue weighted by atomic mass is 10.2. The number of nitrogens with one attached hydrogen (secondary N) is 1. The van der Waals surface area contributed by atoms with Gasteiger partial charge in [0.25, 0.3) is 0 Å². The maximum Gasteiger partial charge on any atom is 0.0905 e. The van der Waals surface area contributed by atoms with E-state index in [-0.39, 0.29) is 0 Å². The van der Waals surface area contributed by atoms with Crippen molar-refractivity contribution in [2.24, 2.45) is 5.73 Å². The first-order valence-corrected chi connectivity index (χ1v) is 5.42. The van der Waals surface area contributed by atoms with Crippen molar-refractivity contribution >= 4 is 5.84 Å². The molecule has 1 aliphatic heterocycles. The van der Waals surface area contributed by atoms with E-state index in [4.69, 9.17) is 11.1 Å². The van der Waals surface area contributed by atoms with E-state index in [9.17, 15) is 0 Å². The molecule has 1 saturated heterocycles. The van der Waals surface area contributed by atoms with Gasteiger partial charge in [-0.3, -0.25) is 5.41 Å². The molecule has 1 heterocycles. The summed E-state index contributed by atoms with van der Waals surface area (Å²) in [6.07, 6.45) is 3.03. The molecule has 1 rings (SSSR count). The van der Waals surface area contributed by atoms with Gasteiger partial charge in [-0.05, 0) is 39.5 Å². The number of likely N-dealkylation sites (N-methyl/N-ethyl adjacent to an activating group) is 1. The topological polar surface area (TPSA) is 56.4 Å². The fraction of sp³-hybridized carbons (Fsp3) is 0.900. The number of hydrogen-bond acceptors (Lipinski definition) is 3. The van der Waals surface area contributed by atoms with E-state index >= 15 is 0 Å². The Morgan fingerprint density at radius 1 is 1.29 bits per heavy atom. The summed E-state index contributed by atoms with van der Waals surface area (Å²) in [6.45, 7) is 5.83. The first kappa shape index (κ1) is 11.5. The van der Waals surface area contributed by atoms with Crippen molar-refractivity contribution < 1.29 is 0 Å². The zero-order valence-corrected chi connectivity index (χ0v) is 9.13. The maximum absolute atomic E-state index is 7.14. The lowest BCUT2D eigenvalue weighted by Crippen LogP contribution is -2.30. The van der Waals surface area contributed by atoms with Crippen LogP contribution < -0.4 is 5.73 Å². The van der Waals surface area contributed by atoms with Gasteiger partial charge in [0.15, 0.2) is 0 Å². The van der Waals surface area contributed by atoms with Gasteiger partial charge in [-0.2, -0.15) is 0 Å². The molecule has 0 amide bonds. The van der Waals surface area contributed by atoms with E-state index in [2.05, 4.69) is 16.8 Å². The zero-order chi connectivity index (χ0) is 10.4. The molecule has 4 nitrogen and oxygen atoms in total. The molecule has 3 N–H and O–H groups in total. The van der Waals surface area contributed by atoms with E-state index in [1.54, 1.807) is 0 Å². The average molecular weight is 198 g/mol. The van der Waals surface area contributed by atoms with E-state index in [0.29, 0.717) is 5.84 Å². The molecule has 0 spiro atoms. The van der Waals surface area contributed by atoms with Crippen molar-refractivity contribution in [1.82, 2.24) is 9.80 Å². The molecule has 0 saturated carbocycles. The van der Waals surface area contributed by atoms with Crippen LogP contribution in [-0.2, 0) is 0 Å². The van der Waals surface area contributed by atoms with Crippen molar-refractivity contribution in [3.63, 3.8) is 0 Å². The van der Waals surface area contributed by atoms with Gasteiger partial charge in [0.2, 0.25) is 0 Å². The molecule has 1 fully saturated rings. The summed E-state index contributed by atoms with van der Waals surface area (Å²) in [4.78, 5) is 4.86. The van der Waals surface area contributed by atoms with Crippen LogP contribution in [0.3, 0.4) is 0 Å². The minimum Gasteiger partial charge on any atom is -0.388 e. The molecule has 4 heteroatoms. The quantitative estimate of drug-likeness (QED) is 0.506. The highest BCUT2D eigenvalue weighted by Crippen LogP contribution is 2.02. The Kier molecular flexibility index (Phi) is 4.90. The first-order chi connectivity index (χ1) is 6.68. The Labute approximate surface area is 86.6 Å². The first-order valence-electron chi connectivity index (χ1n) is 5.42. The second kappa shape index (κ2) is 5.98. The van der Waals surface area contributed by atoms with Crippen LogP contribution in [0.2, 0.25) is 0 Å². The average Bonchev–Trinajstić information content (AvgIpc) is 2.30. The highest BCUT2D eigenvalue weighted by Gasteiger charge is 2.10. The molecule has 82 valence electrons. The van der Waals surface area contributed by atoms with Crippen LogP contribution in [0.25, 0.3) is 0 Å². The Morgan fingerprint density at radius 2 is 2.07 bits per heavy atom. The predicted octanol–water partition coefficient (Wildman–Crippen LogP) is 0.340. The Bertz CT molecular complexity index is 181. The van der Waals surface area contributed by atoms with E-state index in [0.717, 1.165) is 25.9 Å². The molecule has 0 unspecified atom stereocenters. The SMILES string of the molecule is CN1CCCN(CCCC(=N)N)CC1. The number of hydrogen-bond donors (Lipinski definition) is 2. The van der Waals surface area contributed by atoms with Crippen LogP contribution in [0.1, 0.15) is 19.3 Å². The lowest BCUT2D eigenvalue weighted by Gasteiger charge is -2.19. The molecular weight excluding hydrogens is 176 g/mol. The van der Waals surface area contributed by atoms with Gasteiger partial charge in [0.05, 0.1) is 5.84 Å². The van der Waals surface area contributed by atoms with Gasteiger partial charge < -0.3 is 15.5 Å². The van der Waals surface area contributed by atoms with Crippen LogP contribution in [0.4, 0.5) is 0 Å². The molecule has 1 aliphatic rings. The van der Waals surface area contributed by atoms with E-state index < -0.39 is 0 Å². The maximum atomic E-state index is 7.14. The third kappa shape index (κ3) is 4.58. The number of nitrogens with zero attached hydrogens (tertiary/aromatic N) is 2. The van der Waals surface area contributed by atoms with E-state index in [1.807, 2.05) is 0 Å². The van der Waals surface area contributed by atoms with Gasteiger partial charge in [0, 0.05) is 19.5 Å². The van der Waals surface area contributed by atoms with Crippen molar-refractivity contribution in [1.29, 1.82) is 5.41 Å². The highest BCUT2D eigenvalue weighted by atomic mass is 15.2. The molecular formula is C10H22N4. The number of rotatable bonds is 4. The van der Waals surface area contributed by atoms with Crippen molar-refractivity contribution in [2.75, 3.05) is 39.8 Å². The van der Waals surface area contributed by atoms with Crippen LogP contribution >= 0.6 is 0 Å². The molecule has 0 atom stereocenters. The van der Waals surface area contributed by atoms with Gasteiger partial charge >= 0.3 is 0 Å². The van der Waals surface area contributed by atoms with Crippen molar-refractivity contribution in [3.8, 4) is 0 Å². The smallest absolute Gasteiger partial charge is 0.0905 e. The largest absolute Gasteiger partial charge is 0.388 e. The normalized spacial score (nSPS) is 20.6. The van der Waals surface area contributed by atoms with E-state index in [1.165, 1.54) is 26.1 Å². The predicted molar refractivity (Wildman–Crippen MR) is 59.7 cm³/mol. The second-order valence-electron chi connectivity index (χ2n) is 4.13. The molecule has 14 heavy (non-hydrogen) atoms. The number of nitrogens with two attached hydrogens (primary N) is 1. The Morgan fingerprint density at radius 3 is 2.79 bits per heavy atom. The molecule has 0 bridgehead atoms. The number of amidine groups is 1. The highest BCUT2D eigenvalue weighted by molar-refractivity contribution is 5.76. The standard InChI is InChI=1S/C10H22N4/c1-13-5-3-7-14(9-8-13)6-2-4-10(11)12/h2-9H2,1H3,(H3,11,12). The van der Waals surface area contributed by atoms with Crippen LogP contribution in [0.15, 0.2) is 0 Å². The third-order valence-corrected chi connectivity index (χ3v) is 2.73. The third-order valence-electron chi connectivity index (χ3n) is 2.73.